The summed E-state index contributed by atoms with van der Waals surface area (Å²) < 4.78 is 0. The molecule has 3 aliphatic rings. The van der Waals surface area contributed by atoms with Crippen LogP contribution in [-0.4, -0.2) is 19.6 Å². The van der Waals surface area contributed by atoms with Crippen molar-refractivity contribution in [3.63, 3.8) is 0 Å². The van der Waals surface area contributed by atoms with Gasteiger partial charge in [0.15, 0.2) is 0 Å². The van der Waals surface area contributed by atoms with Crippen molar-refractivity contribution in [2.45, 2.75) is 19.3 Å². The van der Waals surface area contributed by atoms with E-state index in [4.69, 9.17) is 11.6 Å². The van der Waals surface area contributed by atoms with Gasteiger partial charge in [0.05, 0.1) is 19.6 Å². The van der Waals surface area contributed by atoms with Crippen molar-refractivity contribution in [3.8, 4) is 0 Å². The molecule has 1 aromatic carbocycles. The monoisotopic (exact) mass is 283 g/mol. The Labute approximate surface area is 120 Å². The third kappa shape index (κ3) is 3.09. The van der Waals surface area contributed by atoms with E-state index in [0.717, 1.165) is 17.4 Å². The number of fused-ring (bicyclic) bond motifs is 3. The molecular weight excluding hydrogens is 265 g/mol. The topological polar surface area (TPSA) is 4.44 Å². The molecule has 0 saturated carbocycles. The second-order valence-corrected chi connectivity index (χ2v) is 5.75. The second kappa shape index (κ2) is 6.10. The summed E-state index contributed by atoms with van der Waals surface area (Å²) in [5.74, 6) is 0.889. The van der Waals surface area contributed by atoms with Crippen LogP contribution in [0.2, 0.25) is 5.02 Å². The van der Waals surface area contributed by atoms with Crippen LogP contribution in [0.25, 0.3) is 0 Å². The Morgan fingerprint density at radius 3 is 2.39 bits per heavy atom. The SMILES string of the molecule is Clc1ccc(C/C=C2\C[NH+]3CCC2CC3)cc1.[Cl-]. The van der Waals surface area contributed by atoms with Crippen molar-refractivity contribution in [2.24, 2.45) is 5.92 Å². The lowest BCUT2D eigenvalue weighted by Gasteiger charge is -2.38. The van der Waals surface area contributed by atoms with Gasteiger partial charge in [-0.2, -0.15) is 0 Å². The maximum atomic E-state index is 5.89. The summed E-state index contributed by atoms with van der Waals surface area (Å²) in [6, 6.07) is 8.23. The number of benzene rings is 1. The Morgan fingerprint density at radius 2 is 1.83 bits per heavy atom. The highest BCUT2D eigenvalue weighted by Gasteiger charge is 2.32. The number of quaternary nitrogens is 1. The number of rotatable bonds is 2. The van der Waals surface area contributed by atoms with Gasteiger partial charge >= 0.3 is 0 Å². The number of hydrogen-bond acceptors (Lipinski definition) is 0. The molecule has 0 atom stereocenters. The molecule has 0 radical (unpaired) electrons. The van der Waals surface area contributed by atoms with Crippen molar-refractivity contribution in [1.29, 1.82) is 0 Å². The molecule has 3 heterocycles. The summed E-state index contributed by atoms with van der Waals surface area (Å²) in [6.45, 7) is 4.07. The zero-order valence-corrected chi connectivity index (χ0v) is 12.0. The van der Waals surface area contributed by atoms with Gasteiger partial charge in [-0.15, -0.1) is 0 Å². The average Bonchev–Trinajstić information content (AvgIpc) is 2.39. The van der Waals surface area contributed by atoms with E-state index in [1.807, 2.05) is 12.1 Å². The first kappa shape index (κ1) is 13.9. The third-order valence-corrected chi connectivity index (χ3v) is 4.44. The molecule has 1 N–H and O–H groups in total. The van der Waals surface area contributed by atoms with Crippen LogP contribution in [0, 0.1) is 5.92 Å². The van der Waals surface area contributed by atoms with E-state index in [1.165, 1.54) is 38.0 Å². The van der Waals surface area contributed by atoms with Gasteiger partial charge in [0.25, 0.3) is 0 Å². The molecule has 4 rings (SSSR count). The van der Waals surface area contributed by atoms with E-state index in [9.17, 15) is 0 Å². The average molecular weight is 284 g/mol. The second-order valence-electron chi connectivity index (χ2n) is 5.31. The first-order valence-corrected chi connectivity index (χ1v) is 6.96. The molecule has 3 fully saturated rings. The normalized spacial score (nSPS) is 28.2. The number of piperidine rings is 3. The van der Waals surface area contributed by atoms with E-state index in [0.29, 0.717) is 0 Å². The van der Waals surface area contributed by atoms with E-state index in [-0.39, 0.29) is 12.4 Å². The highest BCUT2D eigenvalue weighted by Crippen LogP contribution is 2.23. The van der Waals surface area contributed by atoms with Crippen LogP contribution in [0.3, 0.4) is 0 Å². The predicted molar refractivity (Wildman–Crippen MR) is 71.5 cm³/mol. The van der Waals surface area contributed by atoms with Gasteiger partial charge in [-0.1, -0.05) is 29.8 Å². The fourth-order valence-electron chi connectivity index (χ4n) is 3.11. The standard InChI is InChI=1S/C15H18ClN.ClH/c16-15-5-2-12(3-6-15)1-4-14-11-17-9-7-13(14)8-10-17;/h2-6,13H,1,7-11H2;1H/b14-4+;. The quantitative estimate of drug-likeness (QED) is 0.673. The molecule has 0 aromatic heterocycles. The Kier molecular flexibility index (Phi) is 4.71. The lowest BCUT2D eigenvalue weighted by Crippen LogP contribution is -3.15. The third-order valence-electron chi connectivity index (χ3n) is 4.18. The minimum atomic E-state index is 0. The van der Waals surface area contributed by atoms with Crippen LogP contribution in [-0.2, 0) is 6.42 Å². The molecule has 3 heteroatoms. The molecule has 3 aliphatic heterocycles. The minimum absolute atomic E-state index is 0. The van der Waals surface area contributed by atoms with Crippen molar-refractivity contribution in [1.82, 2.24) is 0 Å². The lowest BCUT2D eigenvalue weighted by molar-refractivity contribution is -0.908. The van der Waals surface area contributed by atoms with Gasteiger partial charge in [-0.25, -0.2) is 0 Å². The molecule has 0 aliphatic carbocycles. The number of allylic oxidation sites excluding steroid dienone is 1. The van der Waals surface area contributed by atoms with Gasteiger partial charge in [0.2, 0.25) is 0 Å². The first-order valence-electron chi connectivity index (χ1n) is 6.58. The molecular formula is C15H19Cl2N. The van der Waals surface area contributed by atoms with Crippen molar-refractivity contribution in [2.75, 3.05) is 19.6 Å². The predicted octanol–water partition coefficient (Wildman–Crippen LogP) is -0.879. The van der Waals surface area contributed by atoms with Crippen LogP contribution >= 0.6 is 11.6 Å². The Balaban J connectivity index is 0.00000120. The Bertz CT molecular complexity index is 417. The van der Waals surface area contributed by atoms with Gasteiger partial charge < -0.3 is 17.3 Å². The molecule has 18 heavy (non-hydrogen) atoms. The highest BCUT2D eigenvalue weighted by atomic mass is 35.5. The first-order chi connectivity index (χ1) is 8.31. The molecule has 0 spiro atoms. The smallest absolute Gasteiger partial charge is 0.0990 e. The summed E-state index contributed by atoms with van der Waals surface area (Å²) in [6.07, 6.45) is 6.34. The van der Waals surface area contributed by atoms with Gasteiger partial charge in [-0.05, 0) is 35.6 Å². The minimum Gasteiger partial charge on any atom is -1.00 e. The molecule has 1 nitrogen and oxygen atoms in total. The van der Waals surface area contributed by atoms with Crippen molar-refractivity contribution >= 4 is 11.6 Å². The van der Waals surface area contributed by atoms with Crippen LogP contribution in [0.15, 0.2) is 35.9 Å². The molecule has 98 valence electrons. The fraction of sp³-hybridized carbons (Fsp3) is 0.467. The summed E-state index contributed by atoms with van der Waals surface area (Å²) >= 11 is 5.89. The van der Waals surface area contributed by atoms with E-state index in [1.54, 1.807) is 10.5 Å². The molecule has 0 amide bonds. The number of hydrogen-bond donors (Lipinski definition) is 1. The molecule has 0 unspecified atom stereocenters. The van der Waals surface area contributed by atoms with E-state index >= 15 is 0 Å². The van der Waals surface area contributed by atoms with Crippen molar-refractivity contribution in [3.05, 3.63) is 46.5 Å². The Hall–Kier alpha value is -0.500. The number of nitrogens with one attached hydrogen (secondary N) is 1. The van der Waals surface area contributed by atoms with Crippen LogP contribution < -0.4 is 17.3 Å². The van der Waals surface area contributed by atoms with E-state index < -0.39 is 0 Å². The summed E-state index contributed by atoms with van der Waals surface area (Å²) in [4.78, 5) is 1.79. The molecule has 3 saturated heterocycles. The van der Waals surface area contributed by atoms with Crippen LogP contribution in [0.1, 0.15) is 18.4 Å². The van der Waals surface area contributed by atoms with Gasteiger partial charge in [-0.3, -0.25) is 0 Å². The molecule has 1 aromatic rings. The van der Waals surface area contributed by atoms with Gasteiger partial charge in [0.1, 0.15) is 0 Å². The Morgan fingerprint density at radius 1 is 1.17 bits per heavy atom. The van der Waals surface area contributed by atoms with Gasteiger partial charge in [0, 0.05) is 17.9 Å². The maximum Gasteiger partial charge on any atom is 0.0990 e. The summed E-state index contributed by atoms with van der Waals surface area (Å²) in [5.41, 5.74) is 3.07. The highest BCUT2D eigenvalue weighted by molar-refractivity contribution is 6.30. The van der Waals surface area contributed by atoms with Crippen LogP contribution in [0.4, 0.5) is 0 Å². The number of halogens is 2. The summed E-state index contributed by atoms with van der Waals surface area (Å²) in [7, 11) is 0. The van der Waals surface area contributed by atoms with E-state index in [2.05, 4.69) is 18.2 Å². The zero-order chi connectivity index (χ0) is 11.7. The molecule has 2 bridgehead atoms. The van der Waals surface area contributed by atoms with Crippen molar-refractivity contribution < 1.29 is 17.3 Å². The zero-order valence-electron chi connectivity index (χ0n) is 10.5. The van der Waals surface area contributed by atoms with Crippen LogP contribution in [0.5, 0.6) is 0 Å². The fourth-order valence-corrected chi connectivity index (χ4v) is 3.24. The maximum absolute atomic E-state index is 5.89. The lowest BCUT2D eigenvalue weighted by atomic mass is 9.83. The summed E-state index contributed by atoms with van der Waals surface area (Å²) in [5, 5.41) is 0.827. The largest absolute Gasteiger partial charge is 1.00 e.